The number of piperidine rings is 2. The number of nitrogens with zero attached hydrogens (tertiary/aromatic N) is 6. The summed E-state index contributed by atoms with van der Waals surface area (Å²) in [7, 11) is -4.62. The predicted octanol–water partition coefficient (Wildman–Crippen LogP) is 10.3. The van der Waals surface area contributed by atoms with Gasteiger partial charge in [0.05, 0.1) is 27.1 Å². The van der Waals surface area contributed by atoms with Gasteiger partial charge in [-0.25, -0.2) is 18.1 Å². The summed E-state index contributed by atoms with van der Waals surface area (Å²) in [4.78, 5) is 79.3. The number of H-pyrrole nitrogens is 1. The standard InChI is InChI=1S/C65H71ClN10O9S/c1-65(2)26-22-47(54(38-65)44-12-14-49(66)15-13-44)41-73-31-33-74(34-32-73)50-16-18-53(58(36-50)85-51-35-46-23-27-67-61(46)69-40-51)62(78)71-86(83,84)52-17-19-55(57(37-52)76(81)82)68-39-43-24-29-72(30-25-43)28-7-5-3-4-6-9-45-10-8-11-48-42-75(64(80)60(45)48)56-20-21-59(77)70-63(56)79/h8,10-19,23,27,35-37,40,43,56,68H,3-5,7,20-22,24-26,28-34,38-39,41-42H2,1-2H3,(H,67,69)(H,71,78)(H,70,77,79). The number of fused-ring (bicyclic) bond motifs is 2. The van der Waals surface area contributed by atoms with Crippen LogP contribution < -0.4 is 25.0 Å². The van der Waals surface area contributed by atoms with Gasteiger partial charge in [-0.3, -0.25) is 39.5 Å². The molecule has 21 heteroatoms. The molecule has 6 heterocycles. The van der Waals surface area contributed by atoms with Crippen molar-refractivity contribution in [1.82, 2.24) is 34.7 Å². The molecule has 11 rings (SSSR count). The van der Waals surface area contributed by atoms with Crippen molar-refractivity contribution in [3.8, 4) is 23.3 Å². The quantitative estimate of drug-likeness (QED) is 0.0194. The van der Waals surface area contributed by atoms with Crippen molar-refractivity contribution >= 4 is 78.9 Å². The van der Waals surface area contributed by atoms with Crippen LogP contribution in [0.2, 0.25) is 5.02 Å². The Kier molecular flexibility index (Phi) is 17.9. The Bertz CT molecular complexity index is 3800. The van der Waals surface area contributed by atoms with Gasteiger partial charge in [-0.15, -0.1) is 0 Å². The van der Waals surface area contributed by atoms with E-state index in [4.69, 9.17) is 16.3 Å². The minimum absolute atomic E-state index is 0.0526. The number of nitro benzene ring substituents is 1. The Morgan fingerprint density at radius 1 is 0.907 bits per heavy atom. The minimum Gasteiger partial charge on any atom is -0.455 e. The fraction of sp³-hybridized carbons (Fsp3) is 0.400. The number of anilines is 2. The predicted molar refractivity (Wildman–Crippen MR) is 331 cm³/mol. The third-order valence-electron chi connectivity index (χ3n) is 17.4. The second-order valence-corrected chi connectivity index (χ2v) is 26.1. The van der Waals surface area contributed by atoms with Crippen LogP contribution in [-0.2, 0) is 26.2 Å². The summed E-state index contributed by atoms with van der Waals surface area (Å²) in [6.45, 7) is 12.0. The van der Waals surface area contributed by atoms with Crippen LogP contribution in [0.1, 0.15) is 122 Å². The van der Waals surface area contributed by atoms with Gasteiger partial charge in [-0.2, -0.15) is 0 Å². The molecule has 0 saturated carbocycles. The monoisotopic (exact) mass is 1200 g/mol. The number of sulfonamides is 1. The molecule has 4 aromatic carbocycles. The van der Waals surface area contributed by atoms with Crippen LogP contribution in [-0.4, -0.2) is 127 Å². The van der Waals surface area contributed by atoms with Crippen LogP contribution in [0, 0.1) is 33.3 Å². The summed E-state index contributed by atoms with van der Waals surface area (Å²) in [6, 6.07) is 25.4. The Labute approximate surface area is 506 Å². The van der Waals surface area contributed by atoms with Crippen molar-refractivity contribution in [2.75, 3.05) is 69.1 Å². The van der Waals surface area contributed by atoms with Crippen LogP contribution in [0.3, 0.4) is 0 Å². The molecule has 19 nitrogen and oxygen atoms in total. The number of hydrogen-bond donors (Lipinski definition) is 4. The van der Waals surface area contributed by atoms with Gasteiger partial charge in [0.1, 0.15) is 28.9 Å². The lowest BCUT2D eigenvalue weighted by molar-refractivity contribution is -0.384. The molecule has 4 aliphatic heterocycles. The lowest BCUT2D eigenvalue weighted by Crippen LogP contribution is -2.52. The maximum absolute atomic E-state index is 14.2. The highest BCUT2D eigenvalue weighted by molar-refractivity contribution is 7.90. The summed E-state index contributed by atoms with van der Waals surface area (Å²) in [5.74, 6) is 5.17. The molecule has 0 radical (unpaired) electrons. The number of unbranched alkanes of at least 4 members (excludes halogenated alkanes) is 3. The number of halogens is 1. The van der Waals surface area contributed by atoms with Gasteiger partial charge in [-0.1, -0.05) is 73.5 Å². The van der Waals surface area contributed by atoms with Crippen LogP contribution in [0.5, 0.6) is 11.5 Å². The molecule has 86 heavy (non-hydrogen) atoms. The lowest BCUT2D eigenvalue weighted by Gasteiger charge is -2.39. The number of carbonyl (C=O) groups is 4. The number of allylic oxidation sites excluding steroid dienone is 1. The molecule has 3 saturated heterocycles. The number of likely N-dealkylation sites (tertiary alicyclic amines) is 1. The number of ether oxygens (including phenoxy) is 1. The molecular formula is C65H71ClN10O9S. The fourth-order valence-electron chi connectivity index (χ4n) is 12.5. The van der Waals surface area contributed by atoms with Gasteiger partial charge in [0.15, 0.2) is 0 Å². The highest BCUT2D eigenvalue weighted by Crippen LogP contribution is 2.44. The van der Waals surface area contributed by atoms with Crippen molar-refractivity contribution in [2.24, 2.45) is 11.3 Å². The van der Waals surface area contributed by atoms with Crippen molar-refractivity contribution in [3.63, 3.8) is 0 Å². The first-order chi connectivity index (χ1) is 41.4. The van der Waals surface area contributed by atoms with E-state index in [-0.39, 0.29) is 46.6 Å². The number of pyridine rings is 1. The Morgan fingerprint density at radius 2 is 1.71 bits per heavy atom. The fourth-order valence-corrected chi connectivity index (χ4v) is 13.6. The van der Waals surface area contributed by atoms with Crippen molar-refractivity contribution in [1.29, 1.82) is 0 Å². The molecule has 4 N–H and O–H groups in total. The Balaban J connectivity index is 0.668. The highest BCUT2D eigenvalue weighted by atomic mass is 35.5. The topological polar surface area (TPSA) is 233 Å². The van der Waals surface area contributed by atoms with Crippen LogP contribution in [0.15, 0.2) is 114 Å². The summed E-state index contributed by atoms with van der Waals surface area (Å²) >= 11 is 6.27. The first-order valence-corrected chi connectivity index (χ1v) is 31.6. The molecule has 6 aromatic rings. The molecule has 4 amide bonds. The van der Waals surface area contributed by atoms with E-state index in [1.165, 1.54) is 35.0 Å². The van der Waals surface area contributed by atoms with Gasteiger partial charge in [-0.05, 0) is 154 Å². The first kappa shape index (κ1) is 59.6. The number of nitro groups is 1. The zero-order valence-electron chi connectivity index (χ0n) is 48.5. The highest BCUT2D eigenvalue weighted by Gasteiger charge is 2.40. The van der Waals surface area contributed by atoms with E-state index in [0.29, 0.717) is 61.5 Å². The van der Waals surface area contributed by atoms with Crippen LogP contribution in [0.25, 0.3) is 16.6 Å². The molecule has 3 fully saturated rings. The average Bonchev–Trinajstić information content (AvgIpc) is 3.03. The number of hydrogen-bond acceptors (Lipinski definition) is 14. The van der Waals surface area contributed by atoms with Crippen molar-refractivity contribution < 1.29 is 37.3 Å². The van der Waals surface area contributed by atoms with Gasteiger partial charge >= 0.3 is 0 Å². The summed E-state index contributed by atoms with van der Waals surface area (Å²) in [6.07, 6.45) is 12.3. The van der Waals surface area contributed by atoms with Gasteiger partial charge in [0.25, 0.3) is 27.5 Å². The smallest absolute Gasteiger partial charge is 0.293 e. The van der Waals surface area contributed by atoms with E-state index in [1.807, 2.05) is 36.4 Å². The van der Waals surface area contributed by atoms with E-state index in [1.54, 1.807) is 35.4 Å². The second-order valence-electron chi connectivity index (χ2n) is 24.0. The summed E-state index contributed by atoms with van der Waals surface area (Å²) < 4.78 is 36.5. The number of aromatic nitrogens is 2. The summed E-state index contributed by atoms with van der Waals surface area (Å²) in [5, 5.41) is 19.5. The molecule has 0 spiro atoms. The van der Waals surface area contributed by atoms with E-state index in [2.05, 4.69) is 77.8 Å². The molecule has 1 unspecified atom stereocenters. The number of nitrogens with one attached hydrogen (secondary N) is 4. The SMILES string of the molecule is CC1(C)CCC(CN2CCN(c3ccc(C(=O)NS(=O)(=O)c4ccc(NCC5CCN(CCCCCC#Cc6cccc7c6C(=O)N(C6CCC(=O)NC6=O)C7)CC5)c([N+](=O)[O-])c4)c(Oc4cnc5[nH]ccc5c4)c3)CC2)=C(c2ccc(Cl)cc2)C1. The maximum atomic E-state index is 14.2. The van der Waals surface area contributed by atoms with Gasteiger partial charge in [0, 0.05) is 98.6 Å². The number of amides is 4. The van der Waals surface area contributed by atoms with Crippen molar-refractivity contribution in [3.05, 3.63) is 152 Å². The first-order valence-electron chi connectivity index (χ1n) is 29.7. The normalized spacial score (nSPS) is 18.6. The van der Waals surface area contributed by atoms with E-state index < -0.39 is 43.4 Å². The largest absolute Gasteiger partial charge is 0.455 e. The minimum atomic E-state index is -4.62. The number of piperazine rings is 1. The number of aromatic amines is 1. The molecule has 1 atom stereocenters. The molecule has 2 aromatic heterocycles. The number of imide groups is 1. The van der Waals surface area contributed by atoms with Crippen LogP contribution in [0.4, 0.5) is 17.1 Å². The molecule has 5 aliphatic rings. The van der Waals surface area contributed by atoms with E-state index >= 15 is 0 Å². The zero-order valence-corrected chi connectivity index (χ0v) is 50.0. The zero-order chi connectivity index (χ0) is 60.1. The molecule has 448 valence electrons. The third kappa shape index (κ3) is 13.9. The average molecular weight is 1200 g/mol. The summed E-state index contributed by atoms with van der Waals surface area (Å²) in [5.41, 5.74) is 7.45. The third-order valence-corrected chi connectivity index (χ3v) is 19.0. The van der Waals surface area contributed by atoms with Crippen LogP contribution >= 0.6 is 11.6 Å². The molecule has 1 aliphatic carbocycles. The Morgan fingerprint density at radius 3 is 2.49 bits per heavy atom. The number of benzene rings is 4. The Hall–Kier alpha value is -8.09. The maximum Gasteiger partial charge on any atom is 0.293 e. The number of rotatable bonds is 19. The van der Waals surface area contributed by atoms with Gasteiger partial charge in [0.2, 0.25) is 11.8 Å². The molecular weight excluding hydrogens is 1130 g/mol. The van der Waals surface area contributed by atoms with E-state index in [9.17, 15) is 37.7 Å². The number of carbonyl (C=O) groups excluding carboxylic acids is 4. The van der Waals surface area contributed by atoms with E-state index in [0.717, 1.165) is 118 Å². The second kappa shape index (κ2) is 25.9. The lowest BCUT2D eigenvalue weighted by atomic mass is 9.72. The van der Waals surface area contributed by atoms with Crippen molar-refractivity contribution in [2.45, 2.75) is 102 Å². The molecule has 0 bridgehead atoms. The van der Waals surface area contributed by atoms with Gasteiger partial charge < -0.3 is 29.7 Å².